The fraction of sp³-hybridized carbons (Fsp3) is 0.500. The first-order valence-electron chi connectivity index (χ1n) is 5.18. The first kappa shape index (κ1) is 11.2. The normalized spacial score (nSPS) is 10.5. The van der Waals surface area contributed by atoms with Crippen molar-refractivity contribution >= 4 is 0 Å². The molecule has 0 atom stereocenters. The van der Waals surface area contributed by atoms with Gasteiger partial charge >= 0.3 is 0 Å². The molecule has 2 nitrogen and oxygen atoms in total. The molecule has 14 heavy (non-hydrogen) atoms. The number of rotatable bonds is 5. The number of aryl methyl sites for hydroxylation is 2. The van der Waals surface area contributed by atoms with Gasteiger partial charge in [-0.2, -0.15) is 5.48 Å². The number of hydrogen-bond acceptors (Lipinski definition) is 2. The van der Waals surface area contributed by atoms with E-state index in [2.05, 4.69) is 37.5 Å². The smallest absolute Gasteiger partial charge is 0.0572 e. The molecule has 0 spiro atoms. The van der Waals surface area contributed by atoms with Crippen molar-refractivity contribution in [1.29, 1.82) is 0 Å². The van der Waals surface area contributed by atoms with E-state index in [9.17, 15) is 0 Å². The lowest BCUT2D eigenvalue weighted by molar-refractivity contribution is 0.0867. The van der Waals surface area contributed by atoms with Gasteiger partial charge in [0.2, 0.25) is 0 Å². The largest absolute Gasteiger partial charge is 0.305 e. The fourth-order valence-corrected chi connectivity index (χ4v) is 1.62. The summed E-state index contributed by atoms with van der Waals surface area (Å²) < 4.78 is 0. The van der Waals surface area contributed by atoms with Gasteiger partial charge in [-0.1, -0.05) is 32.0 Å². The van der Waals surface area contributed by atoms with Gasteiger partial charge in [0.25, 0.3) is 0 Å². The van der Waals surface area contributed by atoms with Crippen LogP contribution in [0.15, 0.2) is 18.2 Å². The molecular formula is C12H19NO. The molecule has 1 N–H and O–H groups in total. The highest BCUT2D eigenvalue weighted by Gasteiger charge is 2.00. The molecule has 1 aromatic carbocycles. The molecule has 0 saturated heterocycles. The third-order valence-electron chi connectivity index (χ3n) is 2.45. The molecule has 0 amide bonds. The van der Waals surface area contributed by atoms with Crippen LogP contribution in [0.1, 0.15) is 30.5 Å². The Labute approximate surface area is 86.2 Å². The fourth-order valence-electron chi connectivity index (χ4n) is 1.62. The zero-order valence-electron chi connectivity index (χ0n) is 9.26. The van der Waals surface area contributed by atoms with Gasteiger partial charge in [-0.3, -0.25) is 0 Å². The number of hydrogen-bond donors (Lipinski definition) is 1. The molecule has 0 fully saturated rings. The van der Waals surface area contributed by atoms with Crippen LogP contribution in [-0.2, 0) is 24.2 Å². The Hall–Kier alpha value is -0.860. The van der Waals surface area contributed by atoms with Crippen LogP contribution in [-0.4, -0.2) is 7.11 Å². The maximum Gasteiger partial charge on any atom is 0.0572 e. The van der Waals surface area contributed by atoms with Crippen LogP contribution < -0.4 is 5.48 Å². The summed E-state index contributed by atoms with van der Waals surface area (Å²) in [5.41, 5.74) is 7.03. The highest BCUT2D eigenvalue weighted by Crippen LogP contribution is 2.13. The zero-order valence-corrected chi connectivity index (χ0v) is 9.26. The van der Waals surface area contributed by atoms with Gasteiger partial charge in [-0.15, -0.1) is 0 Å². The lowest BCUT2D eigenvalue weighted by Gasteiger charge is -2.08. The summed E-state index contributed by atoms with van der Waals surface area (Å²) in [6.45, 7) is 5.16. The Bertz CT molecular complexity index is 284. The van der Waals surface area contributed by atoms with Crippen molar-refractivity contribution in [3.8, 4) is 0 Å². The van der Waals surface area contributed by atoms with Crippen molar-refractivity contribution in [2.24, 2.45) is 0 Å². The minimum atomic E-state index is 0.771. The summed E-state index contributed by atoms with van der Waals surface area (Å²) in [6, 6.07) is 6.63. The van der Waals surface area contributed by atoms with Crippen LogP contribution in [0.4, 0.5) is 0 Å². The average Bonchev–Trinajstić information content (AvgIpc) is 2.25. The number of nitrogens with one attached hydrogen (secondary N) is 1. The van der Waals surface area contributed by atoms with Crippen molar-refractivity contribution in [2.45, 2.75) is 33.2 Å². The second-order valence-electron chi connectivity index (χ2n) is 3.34. The summed E-state index contributed by atoms with van der Waals surface area (Å²) in [5.74, 6) is 0. The Morgan fingerprint density at radius 1 is 1.14 bits per heavy atom. The lowest BCUT2D eigenvalue weighted by atomic mass is 10.0. The van der Waals surface area contributed by atoms with Crippen LogP contribution in [0.5, 0.6) is 0 Å². The van der Waals surface area contributed by atoms with Crippen LogP contribution in [0.2, 0.25) is 0 Å². The van der Waals surface area contributed by atoms with E-state index >= 15 is 0 Å². The molecule has 2 heteroatoms. The SMILES string of the molecule is CCc1ccc(CNOC)cc1CC. The molecular weight excluding hydrogens is 174 g/mol. The summed E-state index contributed by atoms with van der Waals surface area (Å²) in [6.07, 6.45) is 2.21. The van der Waals surface area contributed by atoms with Gasteiger partial charge in [0.15, 0.2) is 0 Å². The summed E-state index contributed by atoms with van der Waals surface area (Å²) >= 11 is 0. The van der Waals surface area contributed by atoms with E-state index in [1.165, 1.54) is 16.7 Å². The lowest BCUT2D eigenvalue weighted by Crippen LogP contribution is -2.11. The van der Waals surface area contributed by atoms with E-state index < -0.39 is 0 Å². The highest BCUT2D eigenvalue weighted by molar-refractivity contribution is 5.32. The number of benzene rings is 1. The maximum absolute atomic E-state index is 4.83. The Morgan fingerprint density at radius 2 is 1.86 bits per heavy atom. The predicted molar refractivity (Wildman–Crippen MR) is 59.0 cm³/mol. The predicted octanol–water partition coefficient (Wildman–Crippen LogP) is 2.46. The van der Waals surface area contributed by atoms with Crippen LogP contribution >= 0.6 is 0 Å². The first-order chi connectivity index (χ1) is 6.81. The molecule has 0 saturated carbocycles. The molecule has 0 aliphatic rings. The van der Waals surface area contributed by atoms with Gasteiger partial charge < -0.3 is 4.84 Å². The zero-order chi connectivity index (χ0) is 10.4. The number of hydroxylamine groups is 1. The van der Waals surface area contributed by atoms with Gasteiger partial charge in [0.05, 0.1) is 7.11 Å². The van der Waals surface area contributed by atoms with Gasteiger partial charge in [0.1, 0.15) is 0 Å². The van der Waals surface area contributed by atoms with E-state index in [0.29, 0.717) is 0 Å². The second kappa shape index (κ2) is 5.78. The molecule has 0 aliphatic heterocycles. The van der Waals surface area contributed by atoms with Crippen molar-refractivity contribution in [1.82, 2.24) is 5.48 Å². The standard InChI is InChI=1S/C12H19NO/c1-4-11-7-6-10(9-13-14-3)8-12(11)5-2/h6-8,13H,4-5,9H2,1-3H3. The molecule has 0 heterocycles. The van der Waals surface area contributed by atoms with Crippen molar-refractivity contribution < 1.29 is 4.84 Å². The molecule has 0 aromatic heterocycles. The van der Waals surface area contributed by atoms with Crippen molar-refractivity contribution in [3.63, 3.8) is 0 Å². The molecule has 1 rings (SSSR count). The molecule has 0 unspecified atom stereocenters. The third kappa shape index (κ3) is 2.82. The van der Waals surface area contributed by atoms with E-state index in [1.54, 1.807) is 7.11 Å². The molecule has 0 bridgehead atoms. The van der Waals surface area contributed by atoms with Crippen LogP contribution in [0.25, 0.3) is 0 Å². The van der Waals surface area contributed by atoms with E-state index in [4.69, 9.17) is 4.84 Å². The quantitative estimate of drug-likeness (QED) is 0.725. The van der Waals surface area contributed by atoms with Gasteiger partial charge in [-0.25, -0.2) is 0 Å². The summed E-state index contributed by atoms with van der Waals surface area (Å²) in [5, 5.41) is 0. The first-order valence-corrected chi connectivity index (χ1v) is 5.18. The summed E-state index contributed by atoms with van der Waals surface area (Å²) in [4.78, 5) is 4.83. The maximum atomic E-state index is 4.83. The monoisotopic (exact) mass is 193 g/mol. The molecule has 0 aliphatic carbocycles. The Morgan fingerprint density at radius 3 is 2.43 bits per heavy atom. The molecule has 78 valence electrons. The van der Waals surface area contributed by atoms with Gasteiger partial charge in [0, 0.05) is 6.54 Å². The minimum absolute atomic E-state index is 0.771. The molecule has 1 aromatic rings. The van der Waals surface area contributed by atoms with Crippen LogP contribution in [0.3, 0.4) is 0 Å². The third-order valence-corrected chi connectivity index (χ3v) is 2.45. The van der Waals surface area contributed by atoms with Crippen molar-refractivity contribution in [3.05, 3.63) is 34.9 Å². The second-order valence-corrected chi connectivity index (χ2v) is 3.34. The van der Waals surface area contributed by atoms with Crippen LogP contribution in [0, 0.1) is 0 Å². The highest BCUT2D eigenvalue weighted by atomic mass is 16.6. The Kier molecular flexibility index (Phi) is 4.63. The van der Waals surface area contributed by atoms with E-state index in [0.717, 1.165) is 19.4 Å². The van der Waals surface area contributed by atoms with E-state index in [-0.39, 0.29) is 0 Å². The van der Waals surface area contributed by atoms with E-state index in [1.807, 2.05) is 0 Å². The topological polar surface area (TPSA) is 21.3 Å². The minimum Gasteiger partial charge on any atom is -0.305 e. The summed E-state index contributed by atoms with van der Waals surface area (Å²) in [7, 11) is 1.64. The average molecular weight is 193 g/mol. The van der Waals surface area contributed by atoms with Gasteiger partial charge in [-0.05, 0) is 29.5 Å². The molecule has 0 radical (unpaired) electrons. The van der Waals surface area contributed by atoms with Crippen molar-refractivity contribution in [2.75, 3.05) is 7.11 Å². The Balaban J connectivity index is 2.79.